The van der Waals surface area contributed by atoms with E-state index in [1.54, 1.807) is 0 Å². The molecule has 1 atom stereocenters. The molecule has 1 aliphatic heterocycles. The zero-order valence-corrected chi connectivity index (χ0v) is 12.7. The van der Waals surface area contributed by atoms with Gasteiger partial charge in [0.2, 0.25) is 0 Å². The van der Waals surface area contributed by atoms with E-state index < -0.39 is 21.2 Å². The zero-order chi connectivity index (χ0) is 14.8. The van der Waals surface area contributed by atoms with Crippen LogP contribution in [-0.2, 0) is 19.4 Å². The minimum atomic E-state index is -3.27. The van der Waals surface area contributed by atoms with E-state index in [-0.39, 0.29) is 24.0 Å². The number of rotatable bonds is 7. The van der Waals surface area contributed by atoms with Crippen molar-refractivity contribution < 1.29 is 23.1 Å². The third-order valence-corrected chi connectivity index (χ3v) is 6.05. The molecule has 1 unspecified atom stereocenters. The molecule has 2 rings (SSSR count). The molecular formula is C13H23NO5S. The Hall–Kier alpha value is -0.660. The lowest BCUT2D eigenvalue weighted by Gasteiger charge is -2.32. The van der Waals surface area contributed by atoms with Gasteiger partial charge in [-0.15, -0.1) is 0 Å². The summed E-state index contributed by atoms with van der Waals surface area (Å²) in [6.07, 6.45) is 1.07. The number of nitrogens with zero attached hydrogens (tertiary/aromatic N) is 1. The van der Waals surface area contributed by atoms with Gasteiger partial charge in [0.25, 0.3) is 0 Å². The van der Waals surface area contributed by atoms with Crippen LogP contribution in [0.4, 0.5) is 0 Å². The standard InChI is InChI=1S/C13H23NO5S/c1-2-14-5-6-19-11(8-14)9-20(17,18)10-13(3-4-13)7-12(15)16/h11H,2-10H2,1H3,(H,15,16). The highest BCUT2D eigenvalue weighted by atomic mass is 32.2. The smallest absolute Gasteiger partial charge is 0.303 e. The molecule has 2 aliphatic rings. The van der Waals surface area contributed by atoms with Crippen LogP contribution in [0.3, 0.4) is 0 Å². The van der Waals surface area contributed by atoms with Gasteiger partial charge < -0.3 is 9.84 Å². The first-order chi connectivity index (χ1) is 9.34. The van der Waals surface area contributed by atoms with Crippen LogP contribution in [-0.4, -0.2) is 68.2 Å². The molecule has 0 aromatic rings. The number of morpholine rings is 1. The van der Waals surface area contributed by atoms with Crippen molar-refractivity contribution in [2.75, 3.05) is 37.7 Å². The van der Waals surface area contributed by atoms with E-state index in [4.69, 9.17) is 9.84 Å². The van der Waals surface area contributed by atoms with Gasteiger partial charge in [-0.25, -0.2) is 8.42 Å². The van der Waals surface area contributed by atoms with Crippen LogP contribution in [0, 0.1) is 5.41 Å². The van der Waals surface area contributed by atoms with Crippen molar-refractivity contribution in [1.82, 2.24) is 4.90 Å². The van der Waals surface area contributed by atoms with Crippen molar-refractivity contribution in [2.45, 2.75) is 32.3 Å². The van der Waals surface area contributed by atoms with Gasteiger partial charge in [0.05, 0.1) is 30.6 Å². The van der Waals surface area contributed by atoms with Gasteiger partial charge in [-0.1, -0.05) is 6.92 Å². The summed E-state index contributed by atoms with van der Waals surface area (Å²) in [6.45, 7) is 4.98. The monoisotopic (exact) mass is 305 g/mol. The van der Waals surface area contributed by atoms with Crippen molar-refractivity contribution in [3.8, 4) is 0 Å². The van der Waals surface area contributed by atoms with Crippen molar-refractivity contribution in [3.63, 3.8) is 0 Å². The van der Waals surface area contributed by atoms with Gasteiger partial charge in [-0.2, -0.15) is 0 Å². The first kappa shape index (κ1) is 15.7. The van der Waals surface area contributed by atoms with E-state index in [1.165, 1.54) is 0 Å². The lowest BCUT2D eigenvalue weighted by atomic mass is 10.1. The number of ether oxygens (including phenoxy) is 1. The number of sulfone groups is 1. The fourth-order valence-electron chi connectivity index (χ4n) is 2.85. The molecule has 0 amide bonds. The molecule has 0 aromatic heterocycles. The second-order valence-corrected chi connectivity index (χ2v) is 8.12. The highest BCUT2D eigenvalue weighted by molar-refractivity contribution is 7.91. The summed E-state index contributed by atoms with van der Waals surface area (Å²) in [5.74, 6) is -0.924. The predicted octanol–water partition coefficient (Wildman–Crippen LogP) is 0.377. The molecule has 1 saturated heterocycles. The average molecular weight is 305 g/mol. The summed E-state index contributed by atoms with van der Waals surface area (Å²) < 4.78 is 30.0. The fourth-order valence-corrected chi connectivity index (χ4v) is 5.06. The predicted molar refractivity (Wildman–Crippen MR) is 74.4 cm³/mol. The number of likely N-dealkylation sites (N-methyl/N-ethyl adjacent to an activating group) is 1. The van der Waals surface area contributed by atoms with E-state index in [1.807, 2.05) is 6.92 Å². The fraction of sp³-hybridized carbons (Fsp3) is 0.923. The third-order valence-electron chi connectivity index (χ3n) is 4.12. The number of hydrogen-bond donors (Lipinski definition) is 1. The molecule has 0 aromatic carbocycles. The molecule has 1 aliphatic carbocycles. The van der Waals surface area contributed by atoms with Gasteiger partial charge >= 0.3 is 5.97 Å². The van der Waals surface area contributed by atoms with E-state index in [0.29, 0.717) is 26.0 Å². The molecule has 1 N–H and O–H groups in total. The van der Waals surface area contributed by atoms with Crippen LogP contribution in [0.1, 0.15) is 26.2 Å². The first-order valence-corrected chi connectivity index (χ1v) is 8.92. The molecule has 20 heavy (non-hydrogen) atoms. The van der Waals surface area contributed by atoms with Crippen LogP contribution in [0.5, 0.6) is 0 Å². The van der Waals surface area contributed by atoms with E-state index in [2.05, 4.69) is 4.90 Å². The van der Waals surface area contributed by atoms with Crippen molar-refractivity contribution in [1.29, 1.82) is 0 Å². The molecule has 1 saturated carbocycles. The number of carbonyl (C=O) groups is 1. The van der Waals surface area contributed by atoms with E-state index in [9.17, 15) is 13.2 Å². The van der Waals surface area contributed by atoms with Crippen LogP contribution in [0.2, 0.25) is 0 Å². The lowest BCUT2D eigenvalue weighted by molar-refractivity contribution is -0.138. The maximum absolute atomic E-state index is 12.2. The molecule has 6 nitrogen and oxygen atoms in total. The number of carboxylic acid groups (broad SMARTS) is 1. The third kappa shape index (κ3) is 4.43. The van der Waals surface area contributed by atoms with E-state index >= 15 is 0 Å². The molecular weight excluding hydrogens is 282 g/mol. The summed E-state index contributed by atoms with van der Waals surface area (Å²) in [5.41, 5.74) is -0.510. The second-order valence-electron chi connectivity index (χ2n) is 6.01. The minimum Gasteiger partial charge on any atom is -0.481 e. The van der Waals surface area contributed by atoms with Gasteiger partial charge in [0.15, 0.2) is 9.84 Å². The van der Waals surface area contributed by atoms with Gasteiger partial charge in [0.1, 0.15) is 0 Å². The number of hydrogen-bond acceptors (Lipinski definition) is 5. The van der Waals surface area contributed by atoms with E-state index in [0.717, 1.165) is 13.1 Å². The van der Waals surface area contributed by atoms with Crippen molar-refractivity contribution in [3.05, 3.63) is 0 Å². The van der Waals surface area contributed by atoms with Crippen LogP contribution in [0.25, 0.3) is 0 Å². The number of carboxylic acids is 1. The van der Waals surface area contributed by atoms with Crippen molar-refractivity contribution in [2.24, 2.45) is 5.41 Å². The summed E-state index contributed by atoms with van der Waals surface area (Å²) in [6, 6.07) is 0. The van der Waals surface area contributed by atoms with Crippen LogP contribution < -0.4 is 0 Å². The highest BCUT2D eigenvalue weighted by Gasteiger charge is 2.48. The normalized spacial score (nSPS) is 26.4. The quantitative estimate of drug-likeness (QED) is 0.732. The number of aliphatic carboxylic acids is 1. The highest BCUT2D eigenvalue weighted by Crippen LogP contribution is 2.49. The SMILES string of the molecule is CCN1CCOC(CS(=O)(=O)CC2(CC(=O)O)CC2)C1. The Morgan fingerprint density at radius 1 is 1.45 bits per heavy atom. The van der Waals surface area contributed by atoms with Gasteiger partial charge in [0, 0.05) is 13.1 Å². The van der Waals surface area contributed by atoms with Gasteiger partial charge in [-0.05, 0) is 24.8 Å². The maximum Gasteiger partial charge on any atom is 0.303 e. The summed E-state index contributed by atoms with van der Waals surface area (Å²) in [7, 11) is -3.27. The Balaban J connectivity index is 1.89. The Bertz CT molecular complexity index is 457. The maximum atomic E-state index is 12.2. The molecule has 0 bridgehead atoms. The summed E-state index contributed by atoms with van der Waals surface area (Å²) in [4.78, 5) is 13.0. The van der Waals surface area contributed by atoms with Crippen molar-refractivity contribution >= 4 is 15.8 Å². The minimum absolute atomic E-state index is 0.00483. The van der Waals surface area contributed by atoms with Crippen LogP contribution >= 0.6 is 0 Å². The molecule has 116 valence electrons. The molecule has 7 heteroatoms. The molecule has 2 fully saturated rings. The first-order valence-electron chi connectivity index (χ1n) is 7.10. The Labute approximate surface area is 120 Å². The Morgan fingerprint density at radius 2 is 2.15 bits per heavy atom. The van der Waals surface area contributed by atoms with Crippen LogP contribution in [0.15, 0.2) is 0 Å². The summed E-state index contributed by atoms with van der Waals surface area (Å²) in [5, 5.41) is 8.85. The largest absolute Gasteiger partial charge is 0.481 e. The lowest BCUT2D eigenvalue weighted by Crippen LogP contribution is -2.45. The summed E-state index contributed by atoms with van der Waals surface area (Å²) >= 11 is 0. The molecule has 0 radical (unpaired) electrons. The molecule has 1 heterocycles. The Kier molecular flexibility index (Phi) is 4.71. The zero-order valence-electron chi connectivity index (χ0n) is 11.9. The van der Waals surface area contributed by atoms with Gasteiger partial charge in [-0.3, -0.25) is 9.69 Å². The Morgan fingerprint density at radius 3 is 2.70 bits per heavy atom. The average Bonchev–Trinajstić information content (AvgIpc) is 3.05. The molecule has 0 spiro atoms. The topological polar surface area (TPSA) is 83.9 Å². The second kappa shape index (κ2) is 5.99.